The molecule has 3 aromatic carbocycles. The first kappa shape index (κ1) is 34.4. The smallest absolute Gasteiger partial charge is 0.225 e. The number of hydrogen-bond donors (Lipinski definition) is 3. The third kappa shape index (κ3) is 9.80. The molecule has 0 saturated carbocycles. The fraction of sp³-hybridized carbons (Fsp3) is 0.425. The molecule has 9 nitrogen and oxygen atoms in total. The summed E-state index contributed by atoms with van der Waals surface area (Å²) in [6.07, 6.45) is 6.32. The van der Waals surface area contributed by atoms with Gasteiger partial charge in [-0.2, -0.15) is 4.98 Å². The van der Waals surface area contributed by atoms with E-state index in [2.05, 4.69) is 117 Å². The molecule has 3 heterocycles. The summed E-state index contributed by atoms with van der Waals surface area (Å²) in [4.78, 5) is 19.3. The van der Waals surface area contributed by atoms with E-state index in [0.717, 1.165) is 105 Å². The van der Waals surface area contributed by atoms with Crippen molar-refractivity contribution >= 4 is 39.3 Å². The monoisotopic (exact) mass is 660 g/mol. The van der Waals surface area contributed by atoms with Crippen molar-refractivity contribution in [2.24, 2.45) is 5.92 Å². The molecule has 1 unspecified atom stereocenters. The van der Waals surface area contributed by atoms with E-state index in [1.54, 1.807) is 0 Å². The van der Waals surface area contributed by atoms with Gasteiger partial charge in [0.1, 0.15) is 11.6 Å². The quantitative estimate of drug-likeness (QED) is 0.0846. The first-order valence-electron chi connectivity index (χ1n) is 18.2. The number of pyridine rings is 1. The number of anilines is 3. The SMILES string of the molecule is CCN(CC)CCNc1nc(NCCCc2ccccc2)c2ccc(OCC3CCCN(CCNc4ccnc5ccccc45)C3)cc2n1. The topological polar surface area (TPSA) is 90.5 Å². The van der Waals surface area contributed by atoms with Crippen molar-refractivity contribution in [1.29, 1.82) is 0 Å². The molecule has 6 rings (SSSR count). The van der Waals surface area contributed by atoms with Crippen LogP contribution in [0.3, 0.4) is 0 Å². The maximum Gasteiger partial charge on any atom is 0.225 e. The Balaban J connectivity index is 1.05. The molecule has 0 aliphatic carbocycles. The molecule has 2 aromatic heterocycles. The van der Waals surface area contributed by atoms with Gasteiger partial charge in [-0.3, -0.25) is 4.98 Å². The molecule has 1 saturated heterocycles. The van der Waals surface area contributed by atoms with Crippen LogP contribution in [0.15, 0.2) is 85.1 Å². The van der Waals surface area contributed by atoms with Gasteiger partial charge >= 0.3 is 0 Å². The van der Waals surface area contributed by atoms with Gasteiger partial charge in [0.2, 0.25) is 5.95 Å². The molecule has 1 fully saturated rings. The highest BCUT2D eigenvalue weighted by atomic mass is 16.5. The standard InChI is InChI=1S/C40H52N8O/c1-3-47(4-2)26-24-44-40-45-38-28-33(18-19-35(38)39(46-40)43-21-10-14-31-12-6-5-7-13-31)49-30-32-15-11-25-48(29-32)27-23-42-37-20-22-41-36-17-9-8-16-34(36)37/h5-9,12-13,16-20,22,28,32H,3-4,10-11,14-15,21,23-27,29-30H2,1-2H3,(H,41,42)(H2,43,44,45,46). The lowest BCUT2D eigenvalue weighted by atomic mass is 9.99. The van der Waals surface area contributed by atoms with Crippen LogP contribution in [0.25, 0.3) is 21.8 Å². The molecule has 0 spiro atoms. The maximum absolute atomic E-state index is 6.44. The van der Waals surface area contributed by atoms with E-state index in [1.165, 1.54) is 23.8 Å². The number of nitrogens with one attached hydrogen (secondary N) is 3. The van der Waals surface area contributed by atoms with E-state index in [1.807, 2.05) is 12.3 Å². The number of aromatic nitrogens is 3. The van der Waals surface area contributed by atoms with Crippen molar-refractivity contribution in [3.05, 3.63) is 90.6 Å². The van der Waals surface area contributed by atoms with Gasteiger partial charge in [-0.25, -0.2) is 4.98 Å². The van der Waals surface area contributed by atoms with Crippen molar-refractivity contribution < 1.29 is 4.74 Å². The fourth-order valence-electron chi connectivity index (χ4n) is 6.73. The Hall–Kier alpha value is -4.47. The van der Waals surface area contributed by atoms with Gasteiger partial charge in [0.25, 0.3) is 0 Å². The summed E-state index contributed by atoms with van der Waals surface area (Å²) in [5, 5.41) is 12.9. The summed E-state index contributed by atoms with van der Waals surface area (Å²) >= 11 is 0. The molecule has 258 valence electrons. The van der Waals surface area contributed by atoms with Gasteiger partial charge in [-0.15, -0.1) is 0 Å². The van der Waals surface area contributed by atoms with Crippen molar-refractivity contribution in [2.75, 3.05) is 81.5 Å². The van der Waals surface area contributed by atoms with Crippen LogP contribution in [-0.2, 0) is 6.42 Å². The summed E-state index contributed by atoms with van der Waals surface area (Å²) in [5.41, 5.74) is 4.42. The third-order valence-electron chi connectivity index (χ3n) is 9.53. The number of benzene rings is 3. The third-order valence-corrected chi connectivity index (χ3v) is 9.53. The number of piperidine rings is 1. The zero-order valence-electron chi connectivity index (χ0n) is 29.2. The molecule has 9 heteroatoms. The average Bonchev–Trinajstić information content (AvgIpc) is 3.15. The first-order chi connectivity index (χ1) is 24.2. The Kier molecular flexibility index (Phi) is 12.5. The van der Waals surface area contributed by atoms with Crippen LogP contribution in [0, 0.1) is 5.92 Å². The lowest BCUT2D eigenvalue weighted by molar-refractivity contribution is 0.133. The van der Waals surface area contributed by atoms with Gasteiger partial charge in [0, 0.05) is 73.9 Å². The van der Waals surface area contributed by atoms with Crippen LogP contribution in [0.2, 0.25) is 0 Å². The number of ether oxygens (including phenoxy) is 1. The first-order valence-corrected chi connectivity index (χ1v) is 18.2. The minimum atomic E-state index is 0.496. The molecule has 0 bridgehead atoms. The molecule has 0 radical (unpaired) electrons. The number of likely N-dealkylation sites (N-methyl/N-ethyl adjacent to an activating group) is 1. The zero-order valence-corrected chi connectivity index (χ0v) is 29.2. The summed E-state index contributed by atoms with van der Waals surface area (Å²) in [7, 11) is 0. The van der Waals surface area contributed by atoms with Gasteiger partial charge in [0.15, 0.2) is 0 Å². The number of nitrogens with zero attached hydrogens (tertiary/aromatic N) is 5. The van der Waals surface area contributed by atoms with Crippen molar-refractivity contribution in [3.63, 3.8) is 0 Å². The van der Waals surface area contributed by atoms with E-state index in [-0.39, 0.29) is 0 Å². The van der Waals surface area contributed by atoms with Crippen LogP contribution in [0.1, 0.15) is 38.7 Å². The largest absolute Gasteiger partial charge is 0.493 e. The number of para-hydroxylation sites is 1. The molecule has 5 aromatic rings. The Bertz CT molecular complexity index is 1740. The molecule has 1 atom stereocenters. The van der Waals surface area contributed by atoms with Crippen LogP contribution in [-0.4, -0.2) is 90.3 Å². The summed E-state index contributed by atoms with van der Waals surface area (Å²) in [5.74, 6) is 2.87. The summed E-state index contributed by atoms with van der Waals surface area (Å²) in [6, 6.07) is 27.3. The maximum atomic E-state index is 6.44. The Morgan fingerprint density at radius 1 is 0.837 bits per heavy atom. The molecular formula is C40H52N8O. The van der Waals surface area contributed by atoms with Crippen LogP contribution in [0.5, 0.6) is 5.75 Å². The molecule has 1 aliphatic heterocycles. The van der Waals surface area contributed by atoms with E-state index in [9.17, 15) is 0 Å². The molecule has 49 heavy (non-hydrogen) atoms. The molecule has 1 aliphatic rings. The highest BCUT2D eigenvalue weighted by Crippen LogP contribution is 2.28. The van der Waals surface area contributed by atoms with Crippen LogP contribution in [0.4, 0.5) is 17.5 Å². The van der Waals surface area contributed by atoms with E-state index in [4.69, 9.17) is 14.7 Å². The second kappa shape index (κ2) is 17.8. The zero-order chi connectivity index (χ0) is 33.7. The number of rotatable bonds is 18. The highest BCUT2D eigenvalue weighted by molar-refractivity contribution is 5.91. The molecular weight excluding hydrogens is 608 g/mol. The minimum Gasteiger partial charge on any atom is -0.493 e. The normalized spacial score (nSPS) is 15.1. The number of aryl methyl sites for hydroxylation is 1. The number of likely N-dealkylation sites (tertiary alicyclic amines) is 1. The van der Waals surface area contributed by atoms with Gasteiger partial charge in [-0.05, 0) is 75.1 Å². The predicted molar refractivity (Wildman–Crippen MR) is 204 cm³/mol. The van der Waals surface area contributed by atoms with Gasteiger partial charge < -0.3 is 30.5 Å². The van der Waals surface area contributed by atoms with Crippen molar-refractivity contribution in [2.45, 2.75) is 39.5 Å². The predicted octanol–water partition coefficient (Wildman–Crippen LogP) is 7.18. The number of fused-ring (bicyclic) bond motifs is 2. The van der Waals surface area contributed by atoms with Crippen molar-refractivity contribution in [1.82, 2.24) is 24.8 Å². The Morgan fingerprint density at radius 2 is 1.69 bits per heavy atom. The van der Waals surface area contributed by atoms with E-state index in [0.29, 0.717) is 18.5 Å². The highest BCUT2D eigenvalue weighted by Gasteiger charge is 2.20. The second-order valence-corrected chi connectivity index (χ2v) is 13.0. The second-order valence-electron chi connectivity index (χ2n) is 13.0. The van der Waals surface area contributed by atoms with Crippen molar-refractivity contribution in [3.8, 4) is 5.75 Å². The van der Waals surface area contributed by atoms with E-state index >= 15 is 0 Å². The Labute approximate surface area is 291 Å². The minimum absolute atomic E-state index is 0.496. The molecule has 3 N–H and O–H groups in total. The van der Waals surface area contributed by atoms with Crippen LogP contribution >= 0.6 is 0 Å². The van der Waals surface area contributed by atoms with E-state index < -0.39 is 0 Å². The average molecular weight is 661 g/mol. The molecule has 0 amide bonds. The van der Waals surface area contributed by atoms with Gasteiger partial charge in [0.05, 0.1) is 17.6 Å². The van der Waals surface area contributed by atoms with Gasteiger partial charge in [-0.1, -0.05) is 62.4 Å². The van der Waals surface area contributed by atoms with Crippen LogP contribution < -0.4 is 20.7 Å². The lowest BCUT2D eigenvalue weighted by Gasteiger charge is -2.32. The fourth-order valence-corrected chi connectivity index (χ4v) is 6.73. The number of hydrogen-bond acceptors (Lipinski definition) is 9. The summed E-state index contributed by atoms with van der Waals surface area (Å²) < 4.78 is 6.44. The summed E-state index contributed by atoms with van der Waals surface area (Å²) in [6.45, 7) is 13.8. The Morgan fingerprint density at radius 3 is 2.57 bits per heavy atom. The lowest BCUT2D eigenvalue weighted by Crippen LogP contribution is -2.40.